The summed E-state index contributed by atoms with van der Waals surface area (Å²) in [5, 5.41) is 0. The van der Waals surface area contributed by atoms with Gasteiger partial charge in [-0.2, -0.15) is 0 Å². The molecule has 4 heteroatoms. The zero-order valence-corrected chi connectivity index (χ0v) is 14.1. The van der Waals surface area contributed by atoms with Crippen molar-refractivity contribution in [3.63, 3.8) is 0 Å². The summed E-state index contributed by atoms with van der Waals surface area (Å²) in [5.41, 5.74) is 0.494. The number of carbonyl (C=O) groups is 2. The Morgan fingerprint density at radius 1 is 1.43 bits per heavy atom. The number of halogens is 1. The van der Waals surface area contributed by atoms with E-state index in [0.29, 0.717) is 12.8 Å². The van der Waals surface area contributed by atoms with Crippen molar-refractivity contribution in [2.24, 2.45) is 11.3 Å². The summed E-state index contributed by atoms with van der Waals surface area (Å²) in [6.07, 6.45) is 3.55. The molecule has 2 atom stereocenters. The minimum atomic E-state index is -0.675. The predicted octanol–water partition coefficient (Wildman–Crippen LogP) is 3.93. The first-order valence-corrected chi connectivity index (χ1v) is 8.13. The summed E-state index contributed by atoms with van der Waals surface area (Å²) in [6.45, 7) is 1.88. The Morgan fingerprint density at radius 2 is 2.14 bits per heavy atom. The molecule has 1 aromatic carbocycles. The molecule has 21 heavy (non-hydrogen) atoms. The van der Waals surface area contributed by atoms with E-state index in [-0.39, 0.29) is 17.7 Å². The van der Waals surface area contributed by atoms with Gasteiger partial charge < -0.3 is 4.74 Å². The topological polar surface area (TPSA) is 43.4 Å². The van der Waals surface area contributed by atoms with Crippen LogP contribution >= 0.6 is 15.9 Å². The van der Waals surface area contributed by atoms with Gasteiger partial charge in [-0.05, 0) is 44.2 Å². The molecular weight excluding hydrogens is 332 g/mol. The van der Waals surface area contributed by atoms with E-state index in [0.717, 1.165) is 23.7 Å². The molecule has 1 saturated carbocycles. The first kappa shape index (κ1) is 16.2. The van der Waals surface area contributed by atoms with Crippen LogP contribution in [0.2, 0.25) is 0 Å². The van der Waals surface area contributed by atoms with Crippen LogP contribution < -0.4 is 0 Å². The molecule has 1 aliphatic rings. The predicted molar refractivity (Wildman–Crippen MR) is 84.9 cm³/mol. The van der Waals surface area contributed by atoms with Gasteiger partial charge in [0.05, 0.1) is 12.5 Å². The lowest BCUT2D eigenvalue weighted by Gasteiger charge is -2.38. The highest BCUT2D eigenvalue weighted by Gasteiger charge is 2.47. The largest absolute Gasteiger partial charge is 0.469 e. The number of Topliss-reactive ketones (excluding diaryl/α,β-unsaturated/α-hetero) is 1. The second-order valence-electron chi connectivity index (χ2n) is 5.91. The lowest BCUT2D eigenvalue weighted by Crippen LogP contribution is -2.44. The van der Waals surface area contributed by atoms with E-state index in [1.54, 1.807) is 0 Å². The average molecular weight is 353 g/mol. The van der Waals surface area contributed by atoms with Gasteiger partial charge in [0.1, 0.15) is 5.78 Å². The van der Waals surface area contributed by atoms with Crippen LogP contribution in [0.5, 0.6) is 0 Å². The SMILES string of the molecule is COC(=O)[C@]1(C)CCCC(=O)[C@H]1CCc1ccccc1Br. The molecule has 3 nitrogen and oxygen atoms in total. The first-order valence-electron chi connectivity index (χ1n) is 7.33. The number of hydrogen-bond acceptors (Lipinski definition) is 3. The molecule has 0 N–H and O–H groups in total. The van der Waals surface area contributed by atoms with Crippen molar-refractivity contribution in [2.45, 2.75) is 39.0 Å². The van der Waals surface area contributed by atoms with Gasteiger partial charge in [0.15, 0.2) is 0 Å². The van der Waals surface area contributed by atoms with E-state index in [1.807, 2.05) is 31.2 Å². The second kappa shape index (κ2) is 6.73. The van der Waals surface area contributed by atoms with Crippen molar-refractivity contribution in [3.05, 3.63) is 34.3 Å². The Morgan fingerprint density at radius 3 is 2.81 bits per heavy atom. The molecule has 0 bridgehead atoms. The summed E-state index contributed by atoms with van der Waals surface area (Å²) < 4.78 is 6.00. The van der Waals surface area contributed by atoms with Gasteiger partial charge in [0, 0.05) is 16.8 Å². The number of esters is 1. The second-order valence-corrected chi connectivity index (χ2v) is 6.77. The highest BCUT2D eigenvalue weighted by Crippen LogP contribution is 2.42. The number of rotatable bonds is 4. The summed E-state index contributed by atoms with van der Waals surface area (Å²) in [6, 6.07) is 8.00. The van der Waals surface area contributed by atoms with E-state index in [1.165, 1.54) is 12.7 Å². The molecule has 114 valence electrons. The molecule has 0 aliphatic heterocycles. The van der Waals surface area contributed by atoms with Gasteiger partial charge in [-0.1, -0.05) is 34.1 Å². The first-order chi connectivity index (χ1) is 9.99. The Bertz CT molecular complexity index is 541. The summed E-state index contributed by atoms with van der Waals surface area (Å²) >= 11 is 3.53. The van der Waals surface area contributed by atoms with Crippen LogP contribution in [0.4, 0.5) is 0 Å². The van der Waals surface area contributed by atoms with Gasteiger partial charge in [0.25, 0.3) is 0 Å². The van der Waals surface area contributed by atoms with Crippen LogP contribution in [0.15, 0.2) is 28.7 Å². The third-order valence-corrected chi connectivity index (χ3v) is 5.36. The van der Waals surface area contributed by atoms with Crippen LogP contribution in [-0.4, -0.2) is 18.9 Å². The summed E-state index contributed by atoms with van der Waals surface area (Å²) in [5.74, 6) is -0.306. The normalized spacial score (nSPS) is 25.7. The molecule has 0 spiro atoms. The number of ether oxygens (including phenoxy) is 1. The van der Waals surface area contributed by atoms with Gasteiger partial charge in [0.2, 0.25) is 0 Å². The average Bonchev–Trinajstić information content (AvgIpc) is 2.47. The lowest BCUT2D eigenvalue weighted by molar-refractivity contribution is -0.161. The number of carbonyl (C=O) groups excluding carboxylic acids is 2. The number of benzene rings is 1. The van der Waals surface area contributed by atoms with E-state index in [4.69, 9.17) is 4.74 Å². The van der Waals surface area contributed by atoms with Crippen LogP contribution in [0.1, 0.15) is 38.2 Å². The number of hydrogen-bond donors (Lipinski definition) is 0. The maximum atomic E-state index is 12.3. The van der Waals surface area contributed by atoms with Gasteiger partial charge in [-0.3, -0.25) is 9.59 Å². The van der Waals surface area contributed by atoms with Crippen LogP contribution in [-0.2, 0) is 20.7 Å². The monoisotopic (exact) mass is 352 g/mol. The minimum Gasteiger partial charge on any atom is -0.469 e. The number of ketones is 1. The summed E-state index contributed by atoms with van der Waals surface area (Å²) in [7, 11) is 1.40. The van der Waals surface area contributed by atoms with E-state index in [2.05, 4.69) is 15.9 Å². The van der Waals surface area contributed by atoms with E-state index in [9.17, 15) is 9.59 Å². The lowest BCUT2D eigenvalue weighted by atomic mass is 9.65. The Hall–Kier alpha value is -1.16. The third-order valence-electron chi connectivity index (χ3n) is 4.59. The Kier molecular flexibility index (Phi) is 5.20. The van der Waals surface area contributed by atoms with Crippen molar-refractivity contribution >= 4 is 27.7 Å². The molecule has 1 aliphatic carbocycles. The van der Waals surface area contributed by atoms with Crippen molar-refractivity contribution in [2.75, 3.05) is 7.11 Å². The zero-order chi connectivity index (χ0) is 15.5. The van der Waals surface area contributed by atoms with Crippen LogP contribution in [0.3, 0.4) is 0 Å². The maximum absolute atomic E-state index is 12.3. The van der Waals surface area contributed by atoms with Crippen molar-refractivity contribution < 1.29 is 14.3 Å². The van der Waals surface area contributed by atoms with E-state index >= 15 is 0 Å². The quantitative estimate of drug-likeness (QED) is 0.771. The molecule has 0 amide bonds. The molecule has 0 saturated heterocycles. The molecule has 1 fully saturated rings. The highest BCUT2D eigenvalue weighted by atomic mass is 79.9. The van der Waals surface area contributed by atoms with Crippen LogP contribution in [0, 0.1) is 11.3 Å². The standard InChI is InChI=1S/C17H21BrO3/c1-17(16(20)21-2)11-5-8-15(19)13(17)10-9-12-6-3-4-7-14(12)18/h3-4,6-7,13H,5,8-11H2,1-2H3/t13-,17-/m1/s1. The fourth-order valence-corrected chi connectivity index (χ4v) is 3.77. The zero-order valence-electron chi connectivity index (χ0n) is 12.5. The van der Waals surface area contributed by atoms with Gasteiger partial charge in [-0.15, -0.1) is 0 Å². The third kappa shape index (κ3) is 3.37. The van der Waals surface area contributed by atoms with Crippen molar-refractivity contribution in [1.29, 1.82) is 0 Å². The van der Waals surface area contributed by atoms with Gasteiger partial charge >= 0.3 is 5.97 Å². The fraction of sp³-hybridized carbons (Fsp3) is 0.529. The molecule has 0 radical (unpaired) electrons. The Balaban J connectivity index is 2.16. The van der Waals surface area contributed by atoms with Crippen LogP contribution in [0.25, 0.3) is 0 Å². The Labute approximate surface area is 134 Å². The molecular formula is C17H21BrO3. The van der Waals surface area contributed by atoms with Gasteiger partial charge in [-0.25, -0.2) is 0 Å². The molecule has 0 aromatic heterocycles. The fourth-order valence-electron chi connectivity index (χ4n) is 3.29. The molecule has 0 heterocycles. The minimum absolute atomic E-state index is 0.196. The summed E-state index contributed by atoms with van der Waals surface area (Å²) in [4.78, 5) is 24.5. The number of aryl methyl sites for hydroxylation is 1. The molecule has 1 aromatic rings. The highest BCUT2D eigenvalue weighted by molar-refractivity contribution is 9.10. The van der Waals surface area contributed by atoms with E-state index < -0.39 is 5.41 Å². The number of methoxy groups -OCH3 is 1. The van der Waals surface area contributed by atoms with Crippen molar-refractivity contribution in [3.8, 4) is 0 Å². The molecule has 0 unspecified atom stereocenters. The van der Waals surface area contributed by atoms with Crippen molar-refractivity contribution in [1.82, 2.24) is 0 Å². The molecule has 2 rings (SSSR count). The smallest absolute Gasteiger partial charge is 0.312 e. The maximum Gasteiger partial charge on any atom is 0.312 e.